The Labute approximate surface area is 136 Å². The summed E-state index contributed by atoms with van der Waals surface area (Å²) in [6.07, 6.45) is 8.68. The molecule has 1 aromatic carbocycles. The molecule has 3 heterocycles. The molecule has 4 heteroatoms. The third kappa shape index (κ3) is 2.84. The highest BCUT2D eigenvalue weighted by atomic mass is 32.1. The van der Waals surface area contributed by atoms with Crippen LogP contribution in [0.3, 0.4) is 0 Å². The van der Waals surface area contributed by atoms with Crippen molar-refractivity contribution in [2.24, 2.45) is 0 Å². The normalized spacial score (nSPS) is 18.9. The Morgan fingerprint density at radius 2 is 1.59 bits per heavy atom. The van der Waals surface area contributed by atoms with Gasteiger partial charge in [-0.15, -0.1) is 0 Å². The fourth-order valence-electron chi connectivity index (χ4n) is 3.46. The first-order valence-electron chi connectivity index (χ1n) is 8.46. The largest absolute Gasteiger partial charge is 0.372 e. The number of benzene rings is 1. The number of hydrogen-bond donors (Lipinski definition) is 0. The molecule has 22 heavy (non-hydrogen) atoms. The summed E-state index contributed by atoms with van der Waals surface area (Å²) in [5.41, 5.74) is 2.67. The van der Waals surface area contributed by atoms with E-state index in [1.807, 2.05) is 11.3 Å². The predicted molar refractivity (Wildman–Crippen MR) is 95.1 cm³/mol. The molecule has 2 fully saturated rings. The molecule has 0 radical (unpaired) electrons. The Bertz CT molecular complexity index is 625. The first kappa shape index (κ1) is 14.1. The molecule has 0 unspecified atom stereocenters. The fourth-order valence-corrected chi connectivity index (χ4v) is 4.42. The van der Waals surface area contributed by atoms with E-state index < -0.39 is 0 Å². The first-order valence-corrected chi connectivity index (χ1v) is 9.28. The summed E-state index contributed by atoms with van der Waals surface area (Å²) in [5.74, 6) is 0. The zero-order chi connectivity index (χ0) is 14.8. The van der Waals surface area contributed by atoms with Gasteiger partial charge in [0.25, 0.3) is 0 Å². The van der Waals surface area contributed by atoms with Crippen LogP contribution >= 0.6 is 11.3 Å². The van der Waals surface area contributed by atoms with Crippen LogP contribution in [0.5, 0.6) is 0 Å². The lowest BCUT2D eigenvalue weighted by Gasteiger charge is -2.25. The minimum atomic E-state index is 1.17. The maximum atomic E-state index is 4.67. The highest BCUT2D eigenvalue weighted by Gasteiger charge is 2.16. The molecule has 2 saturated heterocycles. The smallest absolute Gasteiger partial charge is 0.185 e. The number of piperidine rings is 1. The Morgan fingerprint density at radius 1 is 0.864 bits per heavy atom. The van der Waals surface area contributed by atoms with Gasteiger partial charge in [-0.2, -0.15) is 0 Å². The van der Waals surface area contributed by atoms with Gasteiger partial charge >= 0.3 is 0 Å². The standard InChI is InChI=1S/C18H23N3S/c1-2-11-21(12-3-1)18-19-14-17(22-18)15-7-6-8-16(13-15)20-9-4-5-10-20/h6-8,13-14H,1-5,9-12H2. The minimum absolute atomic E-state index is 1.17. The molecule has 0 saturated carbocycles. The van der Waals surface area contributed by atoms with Gasteiger partial charge in [0.15, 0.2) is 5.13 Å². The molecule has 3 nitrogen and oxygen atoms in total. The summed E-state index contributed by atoms with van der Waals surface area (Å²) in [4.78, 5) is 10.9. The Kier molecular flexibility index (Phi) is 4.02. The lowest BCUT2D eigenvalue weighted by molar-refractivity contribution is 0.577. The monoisotopic (exact) mass is 313 g/mol. The van der Waals surface area contributed by atoms with Crippen molar-refractivity contribution in [1.29, 1.82) is 0 Å². The van der Waals surface area contributed by atoms with Gasteiger partial charge in [0, 0.05) is 38.1 Å². The maximum absolute atomic E-state index is 4.67. The van der Waals surface area contributed by atoms with Crippen molar-refractivity contribution in [1.82, 2.24) is 4.98 Å². The van der Waals surface area contributed by atoms with Crippen LogP contribution in [0.4, 0.5) is 10.8 Å². The Balaban J connectivity index is 1.56. The average Bonchev–Trinajstić information content (AvgIpc) is 3.28. The van der Waals surface area contributed by atoms with E-state index in [9.17, 15) is 0 Å². The fraction of sp³-hybridized carbons (Fsp3) is 0.500. The molecule has 0 bridgehead atoms. The second-order valence-corrected chi connectivity index (χ2v) is 7.31. The van der Waals surface area contributed by atoms with E-state index in [-0.39, 0.29) is 0 Å². The number of hydrogen-bond acceptors (Lipinski definition) is 4. The number of aromatic nitrogens is 1. The Morgan fingerprint density at radius 3 is 2.41 bits per heavy atom. The van der Waals surface area contributed by atoms with Crippen LogP contribution in [0.25, 0.3) is 10.4 Å². The van der Waals surface area contributed by atoms with Crippen molar-refractivity contribution in [2.45, 2.75) is 32.1 Å². The molecule has 2 aliphatic rings. The van der Waals surface area contributed by atoms with Crippen LogP contribution in [0.1, 0.15) is 32.1 Å². The van der Waals surface area contributed by atoms with Crippen molar-refractivity contribution in [3.8, 4) is 10.4 Å². The summed E-state index contributed by atoms with van der Waals surface area (Å²) in [7, 11) is 0. The van der Waals surface area contributed by atoms with Crippen molar-refractivity contribution >= 4 is 22.2 Å². The number of nitrogens with zero attached hydrogens (tertiary/aromatic N) is 3. The maximum Gasteiger partial charge on any atom is 0.185 e. The number of anilines is 2. The van der Waals surface area contributed by atoms with Gasteiger partial charge in [-0.1, -0.05) is 23.5 Å². The lowest BCUT2D eigenvalue weighted by atomic mass is 10.1. The van der Waals surface area contributed by atoms with Gasteiger partial charge in [-0.05, 0) is 49.8 Å². The molecule has 116 valence electrons. The third-order valence-electron chi connectivity index (χ3n) is 4.72. The molecule has 2 aliphatic heterocycles. The zero-order valence-electron chi connectivity index (χ0n) is 13.0. The topological polar surface area (TPSA) is 19.4 Å². The molecule has 0 N–H and O–H groups in total. The molecule has 0 aliphatic carbocycles. The van der Waals surface area contributed by atoms with E-state index in [2.05, 4.69) is 45.2 Å². The second-order valence-electron chi connectivity index (χ2n) is 6.30. The van der Waals surface area contributed by atoms with E-state index in [0.717, 1.165) is 0 Å². The van der Waals surface area contributed by atoms with E-state index in [4.69, 9.17) is 0 Å². The molecule has 0 amide bonds. The average molecular weight is 313 g/mol. The molecule has 1 aromatic heterocycles. The van der Waals surface area contributed by atoms with Crippen LogP contribution in [0.15, 0.2) is 30.5 Å². The molecular formula is C18H23N3S. The lowest BCUT2D eigenvalue weighted by Crippen LogP contribution is -2.29. The van der Waals surface area contributed by atoms with E-state index in [1.165, 1.54) is 79.5 Å². The van der Waals surface area contributed by atoms with Gasteiger partial charge in [-0.25, -0.2) is 4.98 Å². The third-order valence-corrected chi connectivity index (χ3v) is 5.83. The summed E-state index contributed by atoms with van der Waals surface area (Å²) in [6.45, 7) is 4.73. The van der Waals surface area contributed by atoms with E-state index >= 15 is 0 Å². The van der Waals surface area contributed by atoms with Crippen molar-refractivity contribution in [2.75, 3.05) is 36.0 Å². The Hall–Kier alpha value is -1.55. The van der Waals surface area contributed by atoms with Crippen molar-refractivity contribution in [3.63, 3.8) is 0 Å². The highest BCUT2D eigenvalue weighted by Crippen LogP contribution is 2.34. The van der Waals surface area contributed by atoms with E-state index in [0.29, 0.717) is 0 Å². The van der Waals surface area contributed by atoms with Crippen molar-refractivity contribution in [3.05, 3.63) is 30.5 Å². The van der Waals surface area contributed by atoms with Crippen LogP contribution < -0.4 is 9.80 Å². The quantitative estimate of drug-likeness (QED) is 0.837. The molecule has 4 rings (SSSR count). The first-order chi connectivity index (χ1) is 10.9. The van der Waals surface area contributed by atoms with Crippen molar-refractivity contribution < 1.29 is 0 Å². The van der Waals surface area contributed by atoms with E-state index in [1.54, 1.807) is 0 Å². The van der Waals surface area contributed by atoms with Gasteiger partial charge in [0.2, 0.25) is 0 Å². The summed E-state index contributed by atoms with van der Waals surface area (Å²) < 4.78 is 0. The summed E-state index contributed by atoms with van der Waals surface area (Å²) in [6, 6.07) is 8.97. The van der Waals surface area contributed by atoms with Crippen LogP contribution in [0, 0.1) is 0 Å². The van der Waals surface area contributed by atoms with Crippen LogP contribution in [0.2, 0.25) is 0 Å². The molecule has 2 aromatic rings. The van der Waals surface area contributed by atoms with Crippen LogP contribution in [-0.4, -0.2) is 31.2 Å². The number of rotatable bonds is 3. The number of thiazole rings is 1. The highest BCUT2D eigenvalue weighted by molar-refractivity contribution is 7.18. The molecule has 0 spiro atoms. The van der Waals surface area contributed by atoms with Gasteiger partial charge in [0.05, 0.1) is 4.88 Å². The second kappa shape index (κ2) is 6.29. The molecule has 0 atom stereocenters. The zero-order valence-corrected chi connectivity index (χ0v) is 13.8. The minimum Gasteiger partial charge on any atom is -0.372 e. The summed E-state index contributed by atoms with van der Waals surface area (Å²) >= 11 is 1.84. The van der Waals surface area contributed by atoms with Crippen LogP contribution in [-0.2, 0) is 0 Å². The predicted octanol–water partition coefficient (Wildman–Crippen LogP) is 4.40. The van der Waals surface area contributed by atoms with Gasteiger partial charge in [-0.3, -0.25) is 0 Å². The summed E-state index contributed by atoms with van der Waals surface area (Å²) in [5, 5.41) is 1.20. The van der Waals surface area contributed by atoms with Gasteiger partial charge in [0.1, 0.15) is 0 Å². The van der Waals surface area contributed by atoms with Gasteiger partial charge < -0.3 is 9.80 Å². The SMILES string of the molecule is c1cc(-c2cnc(N3CCCCC3)s2)cc(N2CCCC2)c1. The molecular weight excluding hydrogens is 290 g/mol.